The van der Waals surface area contributed by atoms with Gasteiger partial charge in [0.25, 0.3) is 5.56 Å². The first kappa shape index (κ1) is 20.2. The van der Waals surface area contributed by atoms with Gasteiger partial charge in [-0.2, -0.15) is 13.2 Å². The maximum absolute atomic E-state index is 13.2. The Morgan fingerprint density at radius 3 is 2.47 bits per heavy atom. The van der Waals surface area contributed by atoms with Gasteiger partial charge in [0, 0.05) is 4.90 Å². The van der Waals surface area contributed by atoms with E-state index in [-0.39, 0.29) is 11.2 Å². The molecule has 0 amide bonds. The lowest BCUT2D eigenvalue weighted by molar-refractivity contribution is -0.137. The molecule has 4 rings (SSSR count). The summed E-state index contributed by atoms with van der Waals surface area (Å²) in [6.45, 7) is 1.98. The Bertz CT molecular complexity index is 1280. The van der Waals surface area contributed by atoms with Gasteiger partial charge in [0.1, 0.15) is 5.82 Å². The summed E-state index contributed by atoms with van der Waals surface area (Å²) in [5, 5.41) is 0.361. The molecule has 0 aliphatic heterocycles. The number of benzene rings is 3. The molecule has 7 heteroatoms. The molecule has 1 aromatic heterocycles. The Labute approximate surface area is 175 Å². The number of hydrogen-bond donors (Lipinski definition) is 0. The van der Waals surface area contributed by atoms with Gasteiger partial charge in [-0.05, 0) is 48.9 Å². The second kappa shape index (κ2) is 7.99. The van der Waals surface area contributed by atoms with Gasteiger partial charge in [0.05, 0.1) is 27.9 Å². The molecule has 152 valence electrons. The predicted molar refractivity (Wildman–Crippen MR) is 113 cm³/mol. The molecular weight excluding hydrogens is 409 g/mol. The summed E-state index contributed by atoms with van der Waals surface area (Å²) < 4.78 is 41.0. The van der Waals surface area contributed by atoms with Crippen LogP contribution in [0.15, 0.2) is 82.5 Å². The van der Waals surface area contributed by atoms with Gasteiger partial charge in [-0.3, -0.25) is 9.36 Å². The third kappa shape index (κ3) is 3.98. The van der Waals surface area contributed by atoms with Crippen LogP contribution in [0.1, 0.15) is 17.0 Å². The lowest BCUT2D eigenvalue weighted by Crippen LogP contribution is -2.24. The minimum absolute atomic E-state index is 0.147. The van der Waals surface area contributed by atoms with Crippen LogP contribution in [0.25, 0.3) is 16.6 Å². The topological polar surface area (TPSA) is 34.9 Å². The first-order valence-corrected chi connectivity index (χ1v) is 10.2. The molecular formula is C23H17F3N2OS. The molecule has 3 nitrogen and oxygen atoms in total. The van der Waals surface area contributed by atoms with Crippen LogP contribution in [0.2, 0.25) is 0 Å². The van der Waals surface area contributed by atoms with E-state index < -0.39 is 11.7 Å². The molecule has 0 fully saturated rings. The van der Waals surface area contributed by atoms with E-state index >= 15 is 0 Å². The average molecular weight is 426 g/mol. The highest BCUT2D eigenvalue weighted by Gasteiger charge is 2.30. The number of nitrogens with zero attached hydrogens (tertiary/aromatic N) is 2. The van der Waals surface area contributed by atoms with Gasteiger partial charge in [0.15, 0.2) is 0 Å². The van der Waals surface area contributed by atoms with Crippen LogP contribution in [-0.2, 0) is 11.9 Å². The molecule has 0 bridgehead atoms. The summed E-state index contributed by atoms with van der Waals surface area (Å²) in [7, 11) is 0. The first-order valence-electron chi connectivity index (χ1n) is 9.21. The molecule has 4 aromatic rings. The van der Waals surface area contributed by atoms with Gasteiger partial charge in [0.2, 0.25) is 0 Å². The van der Waals surface area contributed by atoms with Crippen LogP contribution in [-0.4, -0.2) is 9.55 Å². The van der Waals surface area contributed by atoms with Crippen LogP contribution in [0.4, 0.5) is 13.2 Å². The van der Waals surface area contributed by atoms with E-state index in [1.165, 1.54) is 28.5 Å². The fourth-order valence-electron chi connectivity index (χ4n) is 3.22. The fraction of sp³-hybridized carbons (Fsp3) is 0.130. The number of alkyl halides is 3. The fourth-order valence-corrected chi connectivity index (χ4v) is 4.17. The van der Waals surface area contributed by atoms with E-state index in [0.717, 1.165) is 22.6 Å². The van der Waals surface area contributed by atoms with Gasteiger partial charge < -0.3 is 0 Å². The Morgan fingerprint density at radius 2 is 1.70 bits per heavy atom. The summed E-state index contributed by atoms with van der Waals surface area (Å²) in [6.07, 6.45) is -4.50. The van der Waals surface area contributed by atoms with Gasteiger partial charge in [-0.25, -0.2) is 4.98 Å². The molecule has 1 heterocycles. The van der Waals surface area contributed by atoms with E-state index in [1.807, 2.05) is 31.2 Å². The van der Waals surface area contributed by atoms with Crippen molar-refractivity contribution in [3.05, 3.63) is 100 Å². The van der Waals surface area contributed by atoms with Crippen molar-refractivity contribution in [2.75, 3.05) is 0 Å². The number of aryl methyl sites for hydroxylation is 1. The molecule has 0 aliphatic carbocycles. The van der Waals surface area contributed by atoms with Crippen molar-refractivity contribution in [2.24, 2.45) is 0 Å². The van der Waals surface area contributed by atoms with Gasteiger partial charge >= 0.3 is 6.18 Å². The summed E-state index contributed by atoms with van der Waals surface area (Å²) in [5.74, 6) is 0.729. The normalized spacial score (nSPS) is 11.7. The van der Waals surface area contributed by atoms with Crippen molar-refractivity contribution in [1.29, 1.82) is 0 Å². The van der Waals surface area contributed by atoms with Crippen molar-refractivity contribution in [1.82, 2.24) is 9.55 Å². The van der Waals surface area contributed by atoms with E-state index in [4.69, 9.17) is 0 Å². The van der Waals surface area contributed by atoms with Gasteiger partial charge in [-0.1, -0.05) is 36.4 Å². The molecule has 3 aromatic carbocycles. The molecule has 0 radical (unpaired) electrons. The summed E-state index contributed by atoms with van der Waals surface area (Å²) in [6, 6.07) is 19.4. The third-order valence-electron chi connectivity index (χ3n) is 4.73. The first-order chi connectivity index (χ1) is 14.3. The number of halogens is 3. The van der Waals surface area contributed by atoms with Gasteiger partial charge in [-0.15, -0.1) is 11.8 Å². The second-order valence-electron chi connectivity index (χ2n) is 6.79. The van der Waals surface area contributed by atoms with E-state index in [9.17, 15) is 18.0 Å². The van der Waals surface area contributed by atoms with Crippen molar-refractivity contribution in [3.63, 3.8) is 0 Å². The highest BCUT2D eigenvalue weighted by molar-refractivity contribution is 7.98. The van der Waals surface area contributed by atoms with E-state index in [1.54, 1.807) is 24.3 Å². The Balaban J connectivity index is 1.87. The van der Waals surface area contributed by atoms with Crippen molar-refractivity contribution in [2.45, 2.75) is 23.7 Å². The summed E-state index contributed by atoms with van der Waals surface area (Å²) in [5.41, 5.74) is 0.550. The number of fused-ring (bicyclic) bond motifs is 1. The predicted octanol–water partition coefficient (Wildman–Crippen LogP) is 6.01. The monoisotopic (exact) mass is 426 g/mol. The Morgan fingerprint density at radius 1 is 0.967 bits per heavy atom. The number of aromatic nitrogens is 2. The van der Waals surface area contributed by atoms with E-state index in [0.29, 0.717) is 22.5 Å². The Hall–Kier alpha value is -3.06. The molecule has 0 saturated carbocycles. The molecule has 0 spiro atoms. The molecule has 0 saturated heterocycles. The van der Waals surface area contributed by atoms with Crippen molar-refractivity contribution in [3.8, 4) is 5.69 Å². The standard InChI is InChI=1S/C23H17F3N2OS/c1-15-7-2-5-12-20(15)30-14-21-27-19-11-4-3-10-18(19)22(29)28(21)17-9-6-8-16(13-17)23(24,25)26/h2-13H,14H2,1H3. The number of hydrogen-bond acceptors (Lipinski definition) is 3. The molecule has 0 unspecified atom stereocenters. The van der Waals surface area contributed by atoms with Crippen molar-refractivity contribution < 1.29 is 13.2 Å². The summed E-state index contributed by atoms with van der Waals surface area (Å²) in [4.78, 5) is 18.9. The maximum Gasteiger partial charge on any atom is 0.416 e. The van der Waals surface area contributed by atoms with Crippen LogP contribution in [0.3, 0.4) is 0 Å². The molecule has 0 aliphatic rings. The SMILES string of the molecule is Cc1ccccc1SCc1nc2ccccc2c(=O)n1-c1cccc(C(F)(F)F)c1. The number of rotatable bonds is 4. The maximum atomic E-state index is 13.2. The van der Waals surface area contributed by atoms with Crippen LogP contribution in [0.5, 0.6) is 0 Å². The number of para-hydroxylation sites is 1. The Kier molecular flexibility index (Phi) is 5.39. The lowest BCUT2D eigenvalue weighted by Gasteiger charge is -2.15. The van der Waals surface area contributed by atoms with Crippen LogP contribution >= 0.6 is 11.8 Å². The molecule has 30 heavy (non-hydrogen) atoms. The summed E-state index contributed by atoms with van der Waals surface area (Å²) >= 11 is 1.49. The number of thioether (sulfide) groups is 1. The zero-order valence-electron chi connectivity index (χ0n) is 16.0. The molecule has 0 atom stereocenters. The quantitative estimate of drug-likeness (QED) is 0.375. The smallest absolute Gasteiger partial charge is 0.268 e. The van der Waals surface area contributed by atoms with Crippen LogP contribution < -0.4 is 5.56 Å². The van der Waals surface area contributed by atoms with Crippen molar-refractivity contribution >= 4 is 22.7 Å². The lowest BCUT2D eigenvalue weighted by atomic mass is 10.2. The zero-order chi connectivity index (χ0) is 21.3. The average Bonchev–Trinajstić information content (AvgIpc) is 2.73. The highest BCUT2D eigenvalue weighted by Crippen LogP contribution is 2.31. The van der Waals surface area contributed by atoms with E-state index in [2.05, 4.69) is 4.98 Å². The largest absolute Gasteiger partial charge is 0.416 e. The zero-order valence-corrected chi connectivity index (χ0v) is 16.8. The third-order valence-corrected chi connectivity index (χ3v) is 5.90. The van der Waals surface area contributed by atoms with Crippen LogP contribution in [0, 0.1) is 6.92 Å². The molecule has 0 N–H and O–H groups in total. The highest BCUT2D eigenvalue weighted by atomic mass is 32.2. The minimum atomic E-state index is -4.50. The second-order valence-corrected chi connectivity index (χ2v) is 7.81. The minimum Gasteiger partial charge on any atom is -0.268 e.